The molecule has 0 atom stereocenters. The summed E-state index contributed by atoms with van der Waals surface area (Å²) >= 11 is 0. The van der Waals surface area contributed by atoms with Crippen molar-refractivity contribution in [1.29, 1.82) is 0 Å². The second-order valence-corrected chi connectivity index (χ2v) is 7.99. The van der Waals surface area contributed by atoms with Crippen LogP contribution in [0.15, 0.2) is 24.3 Å². The Morgan fingerprint density at radius 1 is 1.21 bits per heavy atom. The first-order chi connectivity index (χ1) is 13.3. The van der Waals surface area contributed by atoms with Gasteiger partial charge in [0.05, 0.1) is 25.5 Å². The number of amides is 1. The number of H-pyrrole nitrogens is 1. The number of aromatic nitrogens is 2. The van der Waals surface area contributed by atoms with Gasteiger partial charge in [-0.05, 0) is 63.3 Å². The van der Waals surface area contributed by atoms with Gasteiger partial charge in [0, 0.05) is 18.7 Å². The lowest BCUT2D eigenvalue weighted by molar-refractivity contribution is 0.0357. The van der Waals surface area contributed by atoms with E-state index in [2.05, 4.69) is 10.2 Å². The van der Waals surface area contributed by atoms with Crippen molar-refractivity contribution in [2.45, 2.75) is 38.7 Å². The molecule has 152 valence electrons. The second-order valence-electron chi connectivity index (χ2n) is 7.99. The van der Waals surface area contributed by atoms with Crippen molar-refractivity contribution in [3.8, 4) is 22.8 Å². The predicted octanol–water partition coefficient (Wildman–Crippen LogP) is 3.11. The van der Waals surface area contributed by atoms with E-state index in [-0.39, 0.29) is 5.91 Å². The molecule has 1 aliphatic heterocycles. The fourth-order valence-corrected chi connectivity index (χ4v) is 3.79. The van der Waals surface area contributed by atoms with Gasteiger partial charge in [0.2, 0.25) is 0 Å². The molecular formula is C21H29N3O4. The van der Waals surface area contributed by atoms with E-state index in [0.717, 1.165) is 24.8 Å². The van der Waals surface area contributed by atoms with Gasteiger partial charge in [-0.25, -0.2) is 0 Å². The number of benzene rings is 1. The molecule has 1 aromatic heterocycles. The van der Waals surface area contributed by atoms with Crippen LogP contribution in [0, 0.1) is 5.92 Å². The van der Waals surface area contributed by atoms with Crippen LogP contribution in [0.4, 0.5) is 0 Å². The first-order valence-electron chi connectivity index (χ1n) is 9.60. The molecule has 0 spiro atoms. The van der Waals surface area contributed by atoms with Gasteiger partial charge in [-0.1, -0.05) is 0 Å². The van der Waals surface area contributed by atoms with Gasteiger partial charge in [0.1, 0.15) is 5.69 Å². The maximum Gasteiger partial charge on any atom is 0.271 e. The van der Waals surface area contributed by atoms with Crippen LogP contribution in [0.25, 0.3) is 11.3 Å². The molecule has 1 saturated heterocycles. The van der Waals surface area contributed by atoms with Crippen LogP contribution in [-0.2, 0) is 0 Å². The Hall–Kier alpha value is -2.54. The van der Waals surface area contributed by atoms with Crippen LogP contribution in [0.1, 0.15) is 43.6 Å². The number of likely N-dealkylation sites (tertiary alicyclic amines) is 1. The van der Waals surface area contributed by atoms with Crippen molar-refractivity contribution in [1.82, 2.24) is 15.1 Å². The molecule has 2 aromatic rings. The SMILES string of the molecule is COc1ccc(-c2cc(C(=O)N3CCC(CC(C)(C)O)CC3)[nH]n2)cc1OC. The summed E-state index contributed by atoms with van der Waals surface area (Å²) in [5.74, 6) is 1.67. The highest BCUT2D eigenvalue weighted by molar-refractivity contribution is 5.93. The summed E-state index contributed by atoms with van der Waals surface area (Å²) in [7, 11) is 3.18. The Morgan fingerprint density at radius 3 is 2.50 bits per heavy atom. The third kappa shape index (κ3) is 4.65. The first kappa shape index (κ1) is 20.2. The molecule has 0 saturated carbocycles. The van der Waals surface area contributed by atoms with E-state index in [0.29, 0.717) is 41.9 Å². The highest BCUT2D eigenvalue weighted by Gasteiger charge is 2.28. The molecule has 1 aliphatic rings. The van der Waals surface area contributed by atoms with E-state index in [1.54, 1.807) is 20.3 Å². The molecule has 7 heteroatoms. The summed E-state index contributed by atoms with van der Waals surface area (Å²) in [6, 6.07) is 7.31. The molecule has 2 heterocycles. The van der Waals surface area contributed by atoms with Crippen molar-refractivity contribution < 1.29 is 19.4 Å². The van der Waals surface area contributed by atoms with Gasteiger partial charge in [-0.3, -0.25) is 9.89 Å². The van der Waals surface area contributed by atoms with Crippen LogP contribution in [0.3, 0.4) is 0 Å². The van der Waals surface area contributed by atoms with Crippen LogP contribution in [0.2, 0.25) is 0 Å². The Bertz CT molecular complexity index is 817. The number of hydrogen-bond donors (Lipinski definition) is 2. The maximum absolute atomic E-state index is 12.8. The Balaban J connectivity index is 1.67. The normalized spacial score (nSPS) is 15.5. The highest BCUT2D eigenvalue weighted by atomic mass is 16.5. The molecule has 28 heavy (non-hydrogen) atoms. The van der Waals surface area contributed by atoms with Crippen LogP contribution in [0.5, 0.6) is 11.5 Å². The monoisotopic (exact) mass is 387 g/mol. The summed E-state index contributed by atoms with van der Waals surface area (Å²) in [5.41, 5.74) is 1.35. The Labute approximate surface area is 165 Å². The molecule has 0 aliphatic carbocycles. The van der Waals surface area contributed by atoms with Crippen molar-refractivity contribution in [2.75, 3.05) is 27.3 Å². The van der Waals surface area contributed by atoms with E-state index in [4.69, 9.17) is 9.47 Å². The van der Waals surface area contributed by atoms with Crippen LogP contribution >= 0.6 is 0 Å². The minimum Gasteiger partial charge on any atom is -0.493 e. The number of carbonyl (C=O) groups is 1. The number of carbonyl (C=O) groups excluding carboxylic acids is 1. The molecule has 2 N–H and O–H groups in total. The number of nitrogens with one attached hydrogen (secondary N) is 1. The quantitative estimate of drug-likeness (QED) is 0.795. The predicted molar refractivity (Wildman–Crippen MR) is 107 cm³/mol. The smallest absolute Gasteiger partial charge is 0.271 e. The van der Waals surface area contributed by atoms with Gasteiger partial charge in [0.25, 0.3) is 5.91 Å². The van der Waals surface area contributed by atoms with Crippen molar-refractivity contribution in [2.24, 2.45) is 5.92 Å². The van der Waals surface area contributed by atoms with Crippen LogP contribution in [-0.4, -0.2) is 59.0 Å². The van der Waals surface area contributed by atoms with Crippen LogP contribution < -0.4 is 9.47 Å². The third-order valence-corrected chi connectivity index (χ3v) is 5.18. The fraction of sp³-hybridized carbons (Fsp3) is 0.524. The summed E-state index contributed by atoms with van der Waals surface area (Å²) in [6.45, 7) is 5.07. The number of methoxy groups -OCH3 is 2. The lowest BCUT2D eigenvalue weighted by Crippen LogP contribution is -2.40. The van der Waals surface area contributed by atoms with E-state index < -0.39 is 5.60 Å². The molecule has 1 fully saturated rings. The zero-order valence-electron chi connectivity index (χ0n) is 17.0. The summed E-state index contributed by atoms with van der Waals surface area (Å²) in [6.07, 6.45) is 2.58. The number of aliphatic hydroxyl groups is 1. The van der Waals surface area contributed by atoms with Gasteiger partial charge >= 0.3 is 0 Å². The average Bonchev–Trinajstić information content (AvgIpc) is 3.16. The molecule has 0 bridgehead atoms. The molecule has 7 nitrogen and oxygen atoms in total. The number of piperidine rings is 1. The highest BCUT2D eigenvalue weighted by Crippen LogP contribution is 2.32. The largest absolute Gasteiger partial charge is 0.493 e. The second kappa shape index (κ2) is 8.22. The van der Waals surface area contributed by atoms with Crippen molar-refractivity contribution in [3.63, 3.8) is 0 Å². The molecule has 1 amide bonds. The zero-order chi connectivity index (χ0) is 20.3. The lowest BCUT2D eigenvalue weighted by atomic mass is 9.86. The number of rotatable bonds is 6. The van der Waals surface area contributed by atoms with Gasteiger partial charge in [-0.2, -0.15) is 5.10 Å². The minimum atomic E-state index is -0.658. The minimum absolute atomic E-state index is 0.0408. The summed E-state index contributed by atoms with van der Waals surface area (Å²) < 4.78 is 10.6. The number of aromatic amines is 1. The Morgan fingerprint density at radius 2 is 1.89 bits per heavy atom. The van der Waals surface area contributed by atoms with Crippen molar-refractivity contribution in [3.05, 3.63) is 30.0 Å². The first-order valence-corrected chi connectivity index (χ1v) is 9.60. The van der Waals surface area contributed by atoms with E-state index in [9.17, 15) is 9.90 Å². The zero-order valence-corrected chi connectivity index (χ0v) is 17.0. The molecule has 1 aromatic carbocycles. The third-order valence-electron chi connectivity index (χ3n) is 5.18. The topological polar surface area (TPSA) is 87.7 Å². The molecular weight excluding hydrogens is 358 g/mol. The molecule has 0 unspecified atom stereocenters. The number of ether oxygens (including phenoxy) is 2. The van der Waals surface area contributed by atoms with E-state index >= 15 is 0 Å². The molecule has 0 radical (unpaired) electrons. The summed E-state index contributed by atoms with van der Waals surface area (Å²) in [5, 5.41) is 17.2. The Kier molecular flexibility index (Phi) is 5.93. The average molecular weight is 387 g/mol. The van der Waals surface area contributed by atoms with Crippen molar-refractivity contribution >= 4 is 5.91 Å². The summed E-state index contributed by atoms with van der Waals surface area (Å²) in [4.78, 5) is 14.7. The van der Waals surface area contributed by atoms with Gasteiger partial charge in [0.15, 0.2) is 11.5 Å². The van der Waals surface area contributed by atoms with E-state index in [1.165, 1.54) is 0 Å². The number of nitrogens with zero attached hydrogens (tertiary/aromatic N) is 2. The molecule has 3 rings (SSSR count). The van der Waals surface area contributed by atoms with Gasteiger partial charge < -0.3 is 19.5 Å². The lowest BCUT2D eigenvalue weighted by Gasteiger charge is -2.34. The van der Waals surface area contributed by atoms with E-state index in [1.807, 2.05) is 36.9 Å². The van der Waals surface area contributed by atoms with Gasteiger partial charge in [-0.15, -0.1) is 0 Å². The fourth-order valence-electron chi connectivity index (χ4n) is 3.79. The standard InChI is InChI=1S/C21H29N3O4/c1-21(2,26)13-14-7-9-24(10-8-14)20(25)17-12-16(22-23-17)15-5-6-18(27-3)19(11-15)28-4/h5-6,11-12,14,26H,7-10,13H2,1-4H3,(H,22,23). The maximum atomic E-state index is 12.8. The number of hydrogen-bond acceptors (Lipinski definition) is 5.